The summed E-state index contributed by atoms with van der Waals surface area (Å²) in [6, 6.07) is 5.10. The van der Waals surface area contributed by atoms with E-state index >= 15 is 0 Å². The van der Waals surface area contributed by atoms with E-state index in [-0.39, 0.29) is 6.10 Å². The Hall–Kier alpha value is -1.75. The molecule has 1 atom stereocenters. The van der Waals surface area contributed by atoms with Gasteiger partial charge in [-0.05, 0) is 32.0 Å². The molecule has 0 spiro atoms. The number of carbonyl (C=O) groups excluding carboxylic acids is 1. The van der Waals surface area contributed by atoms with Gasteiger partial charge in [-0.3, -0.25) is 0 Å². The smallest absolute Gasteiger partial charge is 0.340 e. The van der Waals surface area contributed by atoms with Gasteiger partial charge in [0.2, 0.25) is 0 Å². The number of hydrogen-bond donors (Lipinski definition) is 2. The average molecular weight is 252 g/mol. The molecule has 0 heterocycles. The second kappa shape index (κ2) is 6.86. The van der Waals surface area contributed by atoms with Crippen molar-refractivity contribution in [1.29, 1.82) is 0 Å². The topological polar surface area (TPSA) is 73.6 Å². The van der Waals surface area contributed by atoms with Gasteiger partial charge in [0.15, 0.2) is 0 Å². The number of nitrogens with one attached hydrogen (secondary N) is 1. The summed E-state index contributed by atoms with van der Waals surface area (Å²) in [5.41, 5.74) is 7.32. The Balaban J connectivity index is 2.78. The van der Waals surface area contributed by atoms with Gasteiger partial charge in [-0.25, -0.2) is 4.79 Å². The summed E-state index contributed by atoms with van der Waals surface area (Å²) < 4.78 is 10.1. The fourth-order valence-corrected chi connectivity index (χ4v) is 1.59. The van der Waals surface area contributed by atoms with Gasteiger partial charge in [0.05, 0.1) is 18.8 Å². The van der Waals surface area contributed by atoms with Gasteiger partial charge < -0.3 is 20.5 Å². The van der Waals surface area contributed by atoms with Gasteiger partial charge in [0.25, 0.3) is 0 Å². The molecule has 3 N–H and O–H groups in total. The van der Waals surface area contributed by atoms with Crippen LogP contribution in [0.2, 0.25) is 0 Å². The van der Waals surface area contributed by atoms with Crippen molar-refractivity contribution in [3.63, 3.8) is 0 Å². The molecule has 5 nitrogen and oxygen atoms in total. The molecule has 1 unspecified atom stereocenters. The number of nitrogen functional groups attached to an aromatic ring is 1. The largest absolute Gasteiger partial charge is 0.465 e. The molecule has 0 aromatic heterocycles. The predicted molar refractivity (Wildman–Crippen MR) is 71.8 cm³/mol. The molecule has 100 valence electrons. The predicted octanol–water partition coefficient (Wildman–Crippen LogP) is 1.89. The van der Waals surface area contributed by atoms with Crippen LogP contribution >= 0.6 is 0 Å². The van der Waals surface area contributed by atoms with Gasteiger partial charge in [-0.2, -0.15) is 0 Å². The second-order valence-corrected chi connectivity index (χ2v) is 3.94. The summed E-state index contributed by atoms with van der Waals surface area (Å²) in [7, 11) is 1.35. The Morgan fingerprint density at radius 2 is 2.22 bits per heavy atom. The van der Waals surface area contributed by atoms with Crippen LogP contribution in [0.5, 0.6) is 0 Å². The van der Waals surface area contributed by atoms with Crippen LogP contribution in [0.3, 0.4) is 0 Å². The molecule has 1 aromatic rings. The van der Waals surface area contributed by atoms with E-state index in [9.17, 15) is 4.79 Å². The number of ether oxygens (including phenoxy) is 2. The van der Waals surface area contributed by atoms with Crippen molar-refractivity contribution >= 4 is 17.3 Å². The van der Waals surface area contributed by atoms with E-state index in [1.54, 1.807) is 18.2 Å². The first kappa shape index (κ1) is 14.3. The molecule has 0 amide bonds. The van der Waals surface area contributed by atoms with Gasteiger partial charge in [-0.15, -0.1) is 0 Å². The van der Waals surface area contributed by atoms with E-state index in [1.807, 2.05) is 13.8 Å². The summed E-state index contributed by atoms with van der Waals surface area (Å²) in [5, 5.41) is 3.16. The first-order valence-electron chi connectivity index (χ1n) is 5.91. The molecular formula is C13H20N2O3. The van der Waals surface area contributed by atoms with Crippen LogP contribution in [0.15, 0.2) is 18.2 Å². The third kappa shape index (κ3) is 3.92. The maximum Gasteiger partial charge on any atom is 0.340 e. The van der Waals surface area contributed by atoms with Crippen molar-refractivity contribution in [2.75, 3.05) is 31.3 Å². The molecule has 0 fully saturated rings. The van der Waals surface area contributed by atoms with Gasteiger partial charge >= 0.3 is 5.97 Å². The van der Waals surface area contributed by atoms with Gasteiger partial charge in [-0.1, -0.05) is 0 Å². The first-order chi connectivity index (χ1) is 8.58. The summed E-state index contributed by atoms with van der Waals surface area (Å²) in [6.45, 7) is 5.18. The van der Waals surface area contributed by atoms with E-state index in [0.29, 0.717) is 30.1 Å². The zero-order valence-electron chi connectivity index (χ0n) is 11.0. The minimum atomic E-state index is -0.408. The highest BCUT2D eigenvalue weighted by Crippen LogP contribution is 2.20. The van der Waals surface area contributed by atoms with Gasteiger partial charge in [0, 0.05) is 24.5 Å². The molecule has 1 aromatic carbocycles. The number of anilines is 2. The minimum Gasteiger partial charge on any atom is -0.465 e. The Labute approximate surface area is 107 Å². The van der Waals surface area contributed by atoms with Crippen LogP contribution in [-0.2, 0) is 9.47 Å². The highest BCUT2D eigenvalue weighted by molar-refractivity contribution is 5.96. The van der Waals surface area contributed by atoms with Crippen molar-refractivity contribution in [1.82, 2.24) is 0 Å². The minimum absolute atomic E-state index is 0.0676. The fourth-order valence-electron chi connectivity index (χ4n) is 1.59. The van der Waals surface area contributed by atoms with Gasteiger partial charge in [0.1, 0.15) is 0 Å². The maximum atomic E-state index is 11.6. The Bertz CT molecular complexity index is 407. The van der Waals surface area contributed by atoms with E-state index in [0.717, 1.165) is 0 Å². The van der Waals surface area contributed by atoms with Crippen LogP contribution in [0.4, 0.5) is 11.4 Å². The standard InChI is InChI=1S/C13H20N2O3/c1-4-18-9(2)8-15-12-6-5-10(14)7-11(12)13(16)17-3/h5-7,9,15H,4,8,14H2,1-3H3. The molecule has 5 heteroatoms. The molecule has 18 heavy (non-hydrogen) atoms. The normalized spacial score (nSPS) is 11.9. The lowest BCUT2D eigenvalue weighted by Gasteiger charge is -2.15. The molecule has 0 aliphatic rings. The molecule has 1 rings (SSSR count). The molecular weight excluding hydrogens is 232 g/mol. The van der Waals surface area contributed by atoms with Crippen molar-refractivity contribution < 1.29 is 14.3 Å². The number of carbonyl (C=O) groups is 1. The lowest BCUT2D eigenvalue weighted by atomic mass is 10.1. The third-order valence-electron chi connectivity index (χ3n) is 2.48. The zero-order valence-corrected chi connectivity index (χ0v) is 11.0. The van der Waals surface area contributed by atoms with E-state index < -0.39 is 5.97 Å². The number of methoxy groups -OCH3 is 1. The molecule has 0 saturated carbocycles. The summed E-state index contributed by atoms with van der Waals surface area (Å²) >= 11 is 0. The molecule has 0 aliphatic heterocycles. The van der Waals surface area contributed by atoms with Crippen LogP contribution in [-0.4, -0.2) is 32.3 Å². The van der Waals surface area contributed by atoms with Crippen molar-refractivity contribution in [3.8, 4) is 0 Å². The van der Waals surface area contributed by atoms with Crippen LogP contribution < -0.4 is 11.1 Å². The Kier molecular flexibility index (Phi) is 5.45. The molecule has 0 radical (unpaired) electrons. The maximum absolute atomic E-state index is 11.6. The SMILES string of the molecule is CCOC(C)CNc1ccc(N)cc1C(=O)OC. The van der Waals surface area contributed by atoms with Crippen molar-refractivity contribution in [2.24, 2.45) is 0 Å². The summed E-state index contributed by atoms with van der Waals surface area (Å²) in [6.07, 6.45) is 0.0676. The molecule has 0 bridgehead atoms. The quantitative estimate of drug-likeness (QED) is 0.597. The fraction of sp³-hybridized carbons (Fsp3) is 0.462. The van der Waals surface area contributed by atoms with Crippen molar-refractivity contribution in [3.05, 3.63) is 23.8 Å². The van der Waals surface area contributed by atoms with Crippen LogP contribution in [0.1, 0.15) is 24.2 Å². The monoisotopic (exact) mass is 252 g/mol. The van der Waals surface area contributed by atoms with Crippen LogP contribution in [0.25, 0.3) is 0 Å². The molecule has 0 saturated heterocycles. The zero-order chi connectivity index (χ0) is 13.5. The lowest BCUT2D eigenvalue weighted by molar-refractivity contribution is 0.0601. The summed E-state index contributed by atoms with van der Waals surface area (Å²) in [4.78, 5) is 11.6. The number of nitrogens with two attached hydrogens (primary N) is 1. The number of benzene rings is 1. The highest BCUT2D eigenvalue weighted by atomic mass is 16.5. The highest BCUT2D eigenvalue weighted by Gasteiger charge is 2.12. The van der Waals surface area contributed by atoms with Crippen LogP contribution in [0, 0.1) is 0 Å². The Morgan fingerprint density at radius 3 is 2.83 bits per heavy atom. The van der Waals surface area contributed by atoms with Crippen molar-refractivity contribution in [2.45, 2.75) is 20.0 Å². The third-order valence-corrected chi connectivity index (χ3v) is 2.48. The molecule has 0 aliphatic carbocycles. The van der Waals surface area contributed by atoms with E-state index in [4.69, 9.17) is 15.2 Å². The Morgan fingerprint density at radius 1 is 1.50 bits per heavy atom. The number of hydrogen-bond acceptors (Lipinski definition) is 5. The van der Waals surface area contributed by atoms with E-state index in [1.165, 1.54) is 7.11 Å². The van der Waals surface area contributed by atoms with E-state index in [2.05, 4.69) is 5.32 Å². The first-order valence-corrected chi connectivity index (χ1v) is 5.91. The number of esters is 1. The summed E-state index contributed by atoms with van der Waals surface area (Å²) in [5.74, 6) is -0.408. The average Bonchev–Trinajstić information content (AvgIpc) is 2.36. The lowest BCUT2D eigenvalue weighted by Crippen LogP contribution is -2.21. The second-order valence-electron chi connectivity index (χ2n) is 3.94. The number of rotatable bonds is 6.